The van der Waals surface area contributed by atoms with Crippen molar-refractivity contribution in [2.24, 2.45) is 12.8 Å². The number of imidazole rings is 1. The van der Waals surface area contributed by atoms with E-state index in [-0.39, 0.29) is 11.9 Å². The molecule has 148 valence electrons. The summed E-state index contributed by atoms with van der Waals surface area (Å²) in [6.07, 6.45) is 6.10. The molecule has 5 rings (SSSR count). The summed E-state index contributed by atoms with van der Waals surface area (Å²) >= 11 is 1.56. The molecule has 3 aromatic heterocycles. The van der Waals surface area contributed by atoms with Gasteiger partial charge >= 0.3 is 0 Å². The third-order valence-electron chi connectivity index (χ3n) is 5.78. The average Bonchev–Trinajstić information content (AvgIpc) is 3.29. The van der Waals surface area contributed by atoms with Gasteiger partial charge in [0.05, 0.1) is 29.6 Å². The summed E-state index contributed by atoms with van der Waals surface area (Å²) in [6.45, 7) is 1.98. The number of pyridine rings is 1. The lowest BCUT2D eigenvalue weighted by molar-refractivity contribution is -0.129. The molecule has 29 heavy (non-hydrogen) atoms. The van der Waals surface area contributed by atoms with Gasteiger partial charge in [0.1, 0.15) is 20.9 Å². The molecule has 1 fully saturated rings. The molecule has 1 aliphatic carbocycles. The highest BCUT2D eigenvalue weighted by Crippen LogP contribution is 2.34. The van der Waals surface area contributed by atoms with E-state index in [0.717, 1.165) is 56.8 Å². The Kier molecular flexibility index (Phi) is 4.15. The Labute approximate surface area is 172 Å². The molecule has 0 saturated heterocycles. The zero-order valence-electron chi connectivity index (χ0n) is 16.3. The predicted octanol–water partition coefficient (Wildman–Crippen LogP) is 3.30. The molecule has 0 aliphatic heterocycles. The Morgan fingerprint density at radius 1 is 1.34 bits per heavy atom. The number of nitrogens with one attached hydrogen (secondary N) is 1. The molecule has 0 unspecified atom stereocenters. The Balaban J connectivity index is 1.47. The van der Waals surface area contributed by atoms with E-state index in [1.54, 1.807) is 23.9 Å². The van der Waals surface area contributed by atoms with Crippen molar-refractivity contribution in [1.29, 1.82) is 0 Å². The van der Waals surface area contributed by atoms with Gasteiger partial charge in [-0.15, -0.1) is 0 Å². The molecule has 8 heteroatoms. The number of hydrogen-bond acceptors (Lipinski definition) is 6. The summed E-state index contributed by atoms with van der Waals surface area (Å²) in [4.78, 5) is 27.1. The van der Waals surface area contributed by atoms with Gasteiger partial charge in [-0.2, -0.15) is 0 Å². The SMILES string of the molecule is C[C@H](NC(=O)C1(N)CCC1)c1cccc(-c2nc3c(ncc4ncn(C)c43)s2)c1. The van der Waals surface area contributed by atoms with Gasteiger partial charge in [-0.3, -0.25) is 4.79 Å². The second-order valence-corrected chi connectivity index (χ2v) is 8.83. The van der Waals surface area contributed by atoms with E-state index < -0.39 is 5.54 Å². The number of carbonyl (C=O) groups excluding carboxylic acids is 1. The molecule has 1 aromatic carbocycles. The highest BCUT2D eigenvalue weighted by atomic mass is 32.1. The van der Waals surface area contributed by atoms with Crippen molar-refractivity contribution in [2.75, 3.05) is 0 Å². The number of thiazole rings is 1. The molecule has 3 heterocycles. The van der Waals surface area contributed by atoms with Crippen molar-refractivity contribution in [3.63, 3.8) is 0 Å². The number of benzene rings is 1. The number of aryl methyl sites for hydroxylation is 1. The van der Waals surface area contributed by atoms with Crippen LogP contribution in [0.4, 0.5) is 0 Å². The molecule has 3 N–H and O–H groups in total. The number of nitrogens with zero attached hydrogens (tertiary/aromatic N) is 4. The van der Waals surface area contributed by atoms with Crippen molar-refractivity contribution >= 4 is 38.6 Å². The second kappa shape index (κ2) is 6.60. The van der Waals surface area contributed by atoms with Crippen molar-refractivity contribution in [1.82, 2.24) is 24.8 Å². The molecule has 0 bridgehead atoms. The number of fused-ring (bicyclic) bond motifs is 3. The maximum absolute atomic E-state index is 12.5. The number of nitrogens with two attached hydrogens (primary N) is 1. The minimum atomic E-state index is -0.695. The third kappa shape index (κ3) is 2.99. The number of hydrogen-bond donors (Lipinski definition) is 2. The lowest BCUT2D eigenvalue weighted by atomic mass is 9.77. The first-order chi connectivity index (χ1) is 13.9. The van der Waals surface area contributed by atoms with E-state index in [2.05, 4.69) is 21.4 Å². The van der Waals surface area contributed by atoms with Gasteiger partial charge in [-0.1, -0.05) is 29.5 Å². The van der Waals surface area contributed by atoms with Crippen LogP contribution in [0.25, 0.3) is 32.0 Å². The number of amides is 1. The van der Waals surface area contributed by atoms with E-state index in [1.165, 1.54) is 0 Å². The van der Waals surface area contributed by atoms with Gasteiger partial charge in [-0.05, 0) is 37.8 Å². The monoisotopic (exact) mass is 406 g/mol. The fraction of sp³-hybridized carbons (Fsp3) is 0.333. The lowest BCUT2D eigenvalue weighted by Crippen LogP contribution is -2.58. The van der Waals surface area contributed by atoms with Crippen LogP contribution in [-0.4, -0.2) is 31.0 Å². The fourth-order valence-corrected chi connectivity index (χ4v) is 4.69. The maximum Gasteiger partial charge on any atom is 0.240 e. The zero-order valence-corrected chi connectivity index (χ0v) is 17.2. The van der Waals surface area contributed by atoms with Gasteiger partial charge in [0.15, 0.2) is 0 Å². The third-order valence-corrected chi connectivity index (χ3v) is 6.79. The van der Waals surface area contributed by atoms with Crippen LogP contribution in [0.1, 0.15) is 37.8 Å². The maximum atomic E-state index is 12.5. The predicted molar refractivity (Wildman–Crippen MR) is 114 cm³/mol. The molecule has 0 radical (unpaired) electrons. The summed E-state index contributed by atoms with van der Waals surface area (Å²) in [5, 5.41) is 3.97. The van der Waals surface area contributed by atoms with E-state index in [1.807, 2.05) is 36.7 Å². The number of aromatic nitrogens is 4. The summed E-state index contributed by atoms with van der Waals surface area (Å²) in [5.74, 6) is -0.0653. The first-order valence-corrected chi connectivity index (χ1v) is 10.5. The molecule has 1 amide bonds. The summed E-state index contributed by atoms with van der Waals surface area (Å²) < 4.78 is 1.97. The van der Waals surface area contributed by atoms with Crippen molar-refractivity contribution in [3.8, 4) is 10.6 Å². The van der Waals surface area contributed by atoms with E-state index in [4.69, 9.17) is 10.7 Å². The lowest BCUT2D eigenvalue weighted by Gasteiger charge is -2.37. The highest BCUT2D eigenvalue weighted by Gasteiger charge is 2.40. The van der Waals surface area contributed by atoms with Crippen LogP contribution >= 0.6 is 11.3 Å². The second-order valence-electron chi connectivity index (χ2n) is 7.85. The smallest absolute Gasteiger partial charge is 0.240 e. The zero-order chi connectivity index (χ0) is 20.2. The molecular weight excluding hydrogens is 384 g/mol. The van der Waals surface area contributed by atoms with Crippen molar-refractivity contribution in [3.05, 3.63) is 42.4 Å². The van der Waals surface area contributed by atoms with E-state index in [0.29, 0.717) is 0 Å². The molecular formula is C21H22N6OS. The van der Waals surface area contributed by atoms with Crippen molar-refractivity contribution in [2.45, 2.75) is 37.8 Å². The Hall–Kier alpha value is -2.84. The quantitative estimate of drug-likeness (QED) is 0.542. The number of rotatable bonds is 4. The normalized spacial score (nSPS) is 16.7. The molecule has 0 spiro atoms. The first-order valence-electron chi connectivity index (χ1n) is 9.71. The summed E-state index contributed by atoms with van der Waals surface area (Å²) in [6, 6.07) is 8.00. The van der Waals surface area contributed by atoms with Gasteiger partial charge in [0.25, 0.3) is 0 Å². The highest BCUT2D eigenvalue weighted by molar-refractivity contribution is 7.21. The van der Waals surface area contributed by atoms with E-state index >= 15 is 0 Å². The molecule has 4 aromatic rings. The topological polar surface area (TPSA) is 98.7 Å². The Morgan fingerprint density at radius 3 is 2.93 bits per heavy atom. The van der Waals surface area contributed by atoms with Crippen LogP contribution in [-0.2, 0) is 11.8 Å². The van der Waals surface area contributed by atoms with Crippen LogP contribution in [0, 0.1) is 0 Å². The summed E-state index contributed by atoms with van der Waals surface area (Å²) in [5.41, 5.74) is 10.2. The van der Waals surface area contributed by atoms with Gasteiger partial charge < -0.3 is 15.6 Å². The first kappa shape index (κ1) is 18.2. The molecule has 1 atom stereocenters. The Bertz CT molecular complexity index is 1240. The Morgan fingerprint density at radius 2 is 2.17 bits per heavy atom. The van der Waals surface area contributed by atoms with Crippen LogP contribution in [0.15, 0.2) is 36.8 Å². The largest absolute Gasteiger partial charge is 0.348 e. The fourth-order valence-electron chi connectivity index (χ4n) is 3.78. The minimum absolute atomic E-state index is 0.0653. The van der Waals surface area contributed by atoms with Crippen molar-refractivity contribution < 1.29 is 4.79 Å². The van der Waals surface area contributed by atoms with Crippen LogP contribution in [0.2, 0.25) is 0 Å². The van der Waals surface area contributed by atoms with Crippen LogP contribution in [0.3, 0.4) is 0 Å². The van der Waals surface area contributed by atoms with E-state index in [9.17, 15) is 4.79 Å². The van der Waals surface area contributed by atoms with Crippen LogP contribution < -0.4 is 11.1 Å². The average molecular weight is 407 g/mol. The van der Waals surface area contributed by atoms with Crippen LogP contribution in [0.5, 0.6) is 0 Å². The molecule has 7 nitrogen and oxygen atoms in total. The molecule has 1 aliphatic rings. The van der Waals surface area contributed by atoms with Gasteiger partial charge in [0, 0.05) is 12.6 Å². The van der Waals surface area contributed by atoms with Gasteiger partial charge in [0.2, 0.25) is 5.91 Å². The number of carbonyl (C=O) groups is 1. The molecule has 1 saturated carbocycles. The minimum Gasteiger partial charge on any atom is -0.348 e. The summed E-state index contributed by atoms with van der Waals surface area (Å²) in [7, 11) is 1.96. The standard InChI is InChI=1S/C21H22N6OS/c1-12(25-20(28)21(22)7-4-8-21)13-5-3-6-14(9-13)18-26-16-17-15(24-11-27(17)2)10-23-19(16)29-18/h3,5-6,9-12H,4,7-8,22H2,1-2H3,(H,25,28)/t12-/m0/s1. The van der Waals surface area contributed by atoms with Gasteiger partial charge in [-0.25, -0.2) is 15.0 Å².